The van der Waals surface area contributed by atoms with Crippen LogP contribution in [0.5, 0.6) is 0 Å². The number of nitrogens with zero attached hydrogens (tertiary/aromatic N) is 1. The molecule has 16 heavy (non-hydrogen) atoms. The molecule has 6 nitrogen and oxygen atoms in total. The number of carbonyl (C=O) groups excluding carboxylic acids is 2. The van der Waals surface area contributed by atoms with Crippen LogP contribution in [0.2, 0.25) is 0 Å². The van der Waals surface area contributed by atoms with Crippen molar-refractivity contribution in [3.05, 3.63) is 0 Å². The van der Waals surface area contributed by atoms with Gasteiger partial charge in [-0.2, -0.15) is 0 Å². The van der Waals surface area contributed by atoms with Crippen molar-refractivity contribution in [2.24, 2.45) is 11.8 Å². The molecule has 5 atom stereocenters. The predicted octanol–water partition coefficient (Wildman–Crippen LogP) is -1.13. The summed E-state index contributed by atoms with van der Waals surface area (Å²) in [4.78, 5) is 35.3. The molecule has 0 bridgehead atoms. The highest BCUT2D eigenvalue weighted by atomic mass is 16.4. The summed E-state index contributed by atoms with van der Waals surface area (Å²) in [6, 6.07) is -1.82. The van der Waals surface area contributed by atoms with Crippen LogP contribution >= 0.6 is 0 Å². The van der Waals surface area contributed by atoms with E-state index in [0.29, 0.717) is 0 Å². The number of carboxylic acids is 1. The van der Waals surface area contributed by atoms with Gasteiger partial charge in [0.1, 0.15) is 0 Å². The van der Waals surface area contributed by atoms with Gasteiger partial charge >= 0.3 is 5.97 Å². The van der Waals surface area contributed by atoms with Crippen molar-refractivity contribution in [2.45, 2.75) is 32.0 Å². The number of hydrogen-bond acceptors (Lipinski definition) is 4. The summed E-state index contributed by atoms with van der Waals surface area (Å²) < 4.78 is 0. The van der Waals surface area contributed by atoms with Gasteiger partial charge in [-0.1, -0.05) is 6.92 Å². The molecule has 3 unspecified atom stereocenters. The lowest BCUT2D eigenvalue weighted by Crippen LogP contribution is -2.65. The molecule has 2 aliphatic heterocycles. The van der Waals surface area contributed by atoms with Crippen molar-refractivity contribution < 1.29 is 24.6 Å². The van der Waals surface area contributed by atoms with Gasteiger partial charge in [0.15, 0.2) is 11.8 Å². The smallest absolute Gasteiger partial charge is 0.334 e. The number of amides is 1. The van der Waals surface area contributed by atoms with Gasteiger partial charge in [0.05, 0.1) is 18.1 Å². The van der Waals surface area contributed by atoms with Crippen LogP contribution in [0.4, 0.5) is 0 Å². The van der Waals surface area contributed by atoms with Gasteiger partial charge in [0.2, 0.25) is 5.91 Å². The first-order chi connectivity index (χ1) is 7.37. The molecule has 2 aliphatic rings. The second-order valence-electron chi connectivity index (χ2n) is 4.43. The average Bonchev–Trinajstić information content (AvgIpc) is 2.38. The maximum atomic E-state index is 11.7. The van der Waals surface area contributed by atoms with E-state index in [2.05, 4.69) is 0 Å². The molecule has 88 valence electrons. The third kappa shape index (κ3) is 1.13. The molecule has 2 N–H and O–H groups in total. The summed E-state index contributed by atoms with van der Waals surface area (Å²) in [5, 5.41) is 18.3. The normalized spacial score (nSPS) is 39.3. The Morgan fingerprint density at radius 1 is 1.44 bits per heavy atom. The summed E-state index contributed by atoms with van der Waals surface area (Å²) in [6.45, 7) is 3.08. The number of hydrogen-bond donors (Lipinski definition) is 2. The number of carboxylic acid groups (broad SMARTS) is 1. The quantitative estimate of drug-likeness (QED) is 0.459. The SMILES string of the molecule is C[C@@H](O)C1C(=O)N2C(C(=O)O)C(=O)[C@H](C)C12. The summed E-state index contributed by atoms with van der Waals surface area (Å²) in [7, 11) is 0. The highest BCUT2D eigenvalue weighted by molar-refractivity contribution is 6.11. The van der Waals surface area contributed by atoms with Crippen molar-refractivity contribution in [1.29, 1.82) is 0 Å². The van der Waals surface area contributed by atoms with Crippen molar-refractivity contribution in [3.8, 4) is 0 Å². The van der Waals surface area contributed by atoms with Gasteiger partial charge in [-0.25, -0.2) is 4.79 Å². The van der Waals surface area contributed by atoms with Crippen LogP contribution in [-0.4, -0.2) is 51.0 Å². The lowest BCUT2D eigenvalue weighted by atomic mass is 9.79. The maximum Gasteiger partial charge on any atom is 0.334 e. The van der Waals surface area contributed by atoms with Gasteiger partial charge in [-0.3, -0.25) is 9.59 Å². The lowest BCUT2D eigenvalue weighted by Gasteiger charge is -2.46. The van der Waals surface area contributed by atoms with Gasteiger partial charge in [-0.15, -0.1) is 0 Å². The number of carbonyl (C=O) groups is 3. The molecule has 2 saturated heterocycles. The van der Waals surface area contributed by atoms with Gasteiger partial charge < -0.3 is 15.1 Å². The Labute approximate surface area is 91.8 Å². The molecule has 0 saturated carbocycles. The van der Waals surface area contributed by atoms with Crippen LogP contribution in [0.3, 0.4) is 0 Å². The molecule has 0 aromatic carbocycles. The first-order valence-corrected chi connectivity index (χ1v) is 5.14. The zero-order valence-corrected chi connectivity index (χ0v) is 8.95. The molecular formula is C10H13NO5. The Balaban J connectivity index is 2.32. The molecule has 0 aromatic heterocycles. The summed E-state index contributed by atoms with van der Waals surface area (Å²) in [5.74, 6) is -3.34. The monoisotopic (exact) mass is 227 g/mol. The first kappa shape index (κ1) is 11.1. The number of aliphatic carboxylic acids is 1. The van der Waals surface area contributed by atoms with Gasteiger partial charge in [-0.05, 0) is 6.92 Å². The topological polar surface area (TPSA) is 94.9 Å². The fraction of sp³-hybridized carbons (Fsp3) is 0.700. The van der Waals surface area contributed by atoms with Crippen molar-refractivity contribution >= 4 is 17.7 Å². The number of rotatable bonds is 2. The Morgan fingerprint density at radius 2 is 2.00 bits per heavy atom. The molecule has 2 fully saturated rings. The zero-order valence-electron chi connectivity index (χ0n) is 8.95. The maximum absolute atomic E-state index is 11.7. The first-order valence-electron chi connectivity index (χ1n) is 5.14. The summed E-state index contributed by atoms with van der Waals surface area (Å²) >= 11 is 0. The standard InChI is InChI=1S/C10H13NO5/c1-3-6-5(4(2)12)9(14)11(6)7(8(3)13)10(15)16/h3-7,12H,1-2H3,(H,15,16)/t3-,4-,5?,6?,7?/m1/s1. The highest BCUT2D eigenvalue weighted by Crippen LogP contribution is 2.42. The van der Waals surface area contributed by atoms with E-state index in [9.17, 15) is 19.5 Å². The molecule has 0 spiro atoms. The molecule has 0 aromatic rings. The summed E-state index contributed by atoms with van der Waals surface area (Å²) in [5.41, 5.74) is 0. The fourth-order valence-corrected chi connectivity index (χ4v) is 2.69. The molecular weight excluding hydrogens is 214 g/mol. The van der Waals surface area contributed by atoms with Crippen molar-refractivity contribution in [3.63, 3.8) is 0 Å². The van der Waals surface area contributed by atoms with Crippen LogP contribution in [0, 0.1) is 11.8 Å². The lowest BCUT2D eigenvalue weighted by molar-refractivity contribution is -0.171. The number of β-lactam (4-membered cyclic amide) rings is 1. The number of ketones is 1. The average molecular weight is 227 g/mol. The number of aliphatic hydroxyl groups is 1. The van der Waals surface area contributed by atoms with Crippen LogP contribution in [0.15, 0.2) is 0 Å². The zero-order chi connectivity index (χ0) is 12.2. The van der Waals surface area contributed by atoms with E-state index in [1.165, 1.54) is 6.92 Å². The molecule has 0 aliphatic carbocycles. The molecule has 2 rings (SSSR count). The molecule has 1 amide bonds. The largest absolute Gasteiger partial charge is 0.479 e. The highest BCUT2D eigenvalue weighted by Gasteiger charge is 2.64. The van der Waals surface area contributed by atoms with E-state index >= 15 is 0 Å². The van der Waals surface area contributed by atoms with Crippen molar-refractivity contribution in [1.82, 2.24) is 4.90 Å². The number of fused-ring (bicyclic) bond motifs is 1. The minimum absolute atomic E-state index is 0.440. The second kappa shape index (κ2) is 3.28. The summed E-state index contributed by atoms with van der Waals surface area (Å²) in [6.07, 6.45) is -0.850. The predicted molar refractivity (Wildman–Crippen MR) is 51.4 cm³/mol. The molecule has 2 heterocycles. The Bertz CT molecular complexity index is 377. The number of aliphatic hydroxyl groups excluding tert-OH is 1. The van der Waals surface area contributed by atoms with Crippen LogP contribution in [0.25, 0.3) is 0 Å². The van der Waals surface area contributed by atoms with E-state index in [0.717, 1.165) is 4.90 Å². The molecule has 6 heteroatoms. The van der Waals surface area contributed by atoms with Crippen LogP contribution in [-0.2, 0) is 14.4 Å². The van der Waals surface area contributed by atoms with E-state index in [1.807, 2.05) is 0 Å². The molecule has 0 radical (unpaired) electrons. The van der Waals surface area contributed by atoms with Gasteiger partial charge in [0, 0.05) is 5.92 Å². The minimum atomic E-state index is -1.36. The van der Waals surface area contributed by atoms with Crippen LogP contribution in [0.1, 0.15) is 13.8 Å². The van der Waals surface area contributed by atoms with E-state index in [-0.39, 0.29) is 0 Å². The third-order valence-corrected chi connectivity index (χ3v) is 3.49. The Kier molecular flexibility index (Phi) is 2.27. The Morgan fingerprint density at radius 3 is 2.44 bits per heavy atom. The van der Waals surface area contributed by atoms with E-state index < -0.39 is 47.7 Å². The number of Topliss-reactive ketones (excluding diaryl/α,β-unsaturated/α-hetero) is 1. The van der Waals surface area contributed by atoms with Crippen molar-refractivity contribution in [2.75, 3.05) is 0 Å². The van der Waals surface area contributed by atoms with E-state index in [1.54, 1.807) is 6.92 Å². The van der Waals surface area contributed by atoms with Gasteiger partial charge in [0.25, 0.3) is 0 Å². The van der Waals surface area contributed by atoms with Crippen LogP contribution < -0.4 is 0 Å². The Hall–Kier alpha value is -1.43. The second-order valence-corrected chi connectivity index (χ2v) is 4.43. The van der Waals surface area contributed by atoms with E-state index in [4.69, 9.17) is 5.11 Å². The third-order valence-electron chi connectivity index (χ3n) is 3.49. The fourth-order valence-electron chi connectivity index (χ4n) is 2.69. The minimum Gasteiger partial charge on any atom is -0.479 e.